The molecule has 2 atom stereocenters. The van der Waals surface area contributed by atoms with Gasteiger partial charge in [-0.2, -0.15) is 0 Å². The number of alkyl halides is 2. The van der Waals surface area contributed by atoms with Crippen molar-refractivity contribution in [3.8, 4) is 0 Å². The first-order valence-corrected chi connectivity index (χ1v) is 57.5. The predicted octanol–water partition coefficient (Wildman–Crippen LogP) is 40.4. The first kappa shape index (κ1) is 99.5. The molecule has 0 N–H and O–H groups in total. The van der Waals surface area contributed by atoms with Gasteiger partial charge in [0.2, 0.25) is 0 Å². The third kappa shape index (κ3) is 28.9. The third-order valence-electron chi connectivity index (χ3n) is 29.0. The molecule has 0 nitrogen and oxygen atoms in total. The van der Waals surface area contributed by atoms with Crippen molar-refractivity contribution in [3.63, 3.8) is 0 Å². The zero-order valence-electron chi connectivity index (χ0n) is 78.2. The van der Waals surface area contributed by atoms with Gasteiger partial charge in [-0.15, -0.1) is 22.7 Å². The van der Waals surface area contributed by atoms with E-state index in [1.54, 1.807) is 0 Å². The molecule has 122 heavy (non-hydrogen) atoms. The van der Waals surface area contributed by atoms with E-state index in [2.05, 4.69) is 183 Å². The lowest BCUT2D eigenvalue weighted by Crippen LogP contribution is -2.37. The first-order chi connectivity index (χ1) is 60.2. The fraction of sp³-hybridized carbons (Fsp3) is 0.655. The van der Waals surface area contributed by atoms with Gasteiger partial charge < -0.3 is 0 Å². The lowest BCUT2D eigenvalue weighted by molar-refractivity contribution is 0.529. The van der Waals surface area contributed by atoms with E-state index in [0.717, 1.165) is 25.7 Å². The van der Waals surface area contributed by atoms with Gasteiger partial charge in [0.25, 0.3) is 0 Å². The van der Waals surface area contributed by atoms with Crippen LogP contribution in [0.4, 0.5) is 0 Å². The number of aryl methyl sites for hydroxylation is 4. The molecule has 2 unspecified atom stereocenters. The molecule has 2 aromatic heterocycles. The molecule has 0 radical (unpaired) electrons. The molecule has 4 aromatic carbocycles. The number of thiophene rings is 2. The van der Waals surface area contributed by atoms with Crippen molar-refractivity contribution in [2.24, 2.45) is 0 Å². The molecule has 6 heteroatoms. The Bertz CT molecular complexity index is 3550. The minimum Gasteiger partial charge on any atom is -0.143 e. The van der Waals surface area contributed by atoms with Crippen LogP contribution in [0.2, 0.25) is 0 Å². The van der Waals surface area contributed by atoms with Crippen LogP contribution in [-0.2, 0) is 36.5 Å². The lowest BCUT2D eigenvalue weighted by Gasteiger charge is -2.42. The summed E-state index contributed by atoms with van der Waals surface area (Å²) in [4.78, 5) is 5.81. The second kappa shape index (κ2) is 56.5. The van der Waals surface area contributed by atoms with Crippen LogP contribution < -0.4 is 0 Å². The zero-order valence-corrected chi connectivity index (χ0v) is 84.6. The maximum absolute atomic E-state index is 4.81. The summed E-state index contributed by atoms with van der Waals surface area (Å²) >= 11 is 17.7. The van der Waals surface area contributed by atoms with Gasteiger partial charge in [0.05, 0.1) is 10.8 Å². The Morgan fingerprint density at radius 2 is 0.385 bits per heavy atom. The van der Waals surface area contributed by atoms with Crippen LogP contribution >= 0.6 is 78.1 Å². The SMILES string of the molecule is CCCCCCCCCCCCCCCCCCc1ccc(C2(c3ccc(CCCCCCCCCCCCCCCCCC)cc3)C3=C(SC4(Br)C=C5C6=C(SC5(Br)C=C34)c3sccc3C6(c3ccc(CCCCCCCCCCCCCCCCCC)cc3)c3ccc(CCCCCCCCCCCCCCCCCC)cc3)c3sccc32)cc1. The molecule has 5 aliphatic rings. The maximum atomic E-state index is 4.81. The van der Waals surface area contributed by atoms with E-state index in [1.165, 1.54) is 508 Å². The van der Waals surface area contributed by atoms with Crippen molar-refractivity contribution in [2.45, 2.75) is 482 Å². The molecular formula is C116H170Br2S4. The Morgan fingerprint density at radius 3 is 0.566 bits per heavy atom. The fourth-order valence-corrected chi connectivity index (χ4v) is 28.7. The molecule has 0 bridgehead atoms. The van der Waals surface area contributed by atoms with Crippen molar-refractivity contribution in [3.05, 3.63) is 220 Å². The summed E-state index contributed by atoms with van der Waals surface area (Å²) < 4.78 is -0.980. The number of hydrogen-bond donors (Lipinski definition) is 0. The largest absolute Gasteiger partial charge is 0.143 e. The normalized spacial score (nSPS) is 17.2. The summed E-state index contributed by atoms with van der Waals surface area (Å²) in [6.45, 7) is 9.30. The summed E-state index contributed by atoms with van der Waals surface area (Å²) in [6.07, 6.45) is 100. The van der Waals surface area contributed by atoms with Gasteiger partial charge in [-0.1, -0.05) is 565 Å². The van der Waals surface area contributed by atoms with Crippen LogP contribution in [0.3, 0.4) is 0 Å². The molecular weight excluding hydrogens is 1680 g/mol. The van der Waals surface area contributed by atoms with Gasteiger partial charge in [-0.05, 0) is 164 Å². The third-order valence-corrected chi connectivity index (χ3v) is 35.9. The molecule has 6 aromatic rings. The van der Waals surface area contributed by atoms with E-state index in [4.69, 9.17) is 31.9 Å². The molecule has 0 saturated heterocycles. The van der Waals surface area contributed by atoms with E-state index < -0.39 is 18.1 Å². The average molecular weight is 1850 g/mol. The van der Waals surface area contributed by atoms with Gasteiger partial charge in [-0.25, -0.2) is 0 Å². The topological polar surface area (TPSA) is 0 Å². The molecule has 2 aliphatic heterocycles. The van der Waals surface area contributed by atoms with Crippen LogP contribution in [0.5, 0.6) is 0 Å². The van der Waals surface area contributed by atoms with Crippen LogP contribution in [0.15, 0.2) is 154 Å². The molecule has 0 saturated carbocycles. The van der Waals surface area contributed by atoms with Crippen LogP contribution in [0.1, 0.15) is 504 Å². The van der Waals surface area contributed by atoms with Gasteiger partial charge >= 0.3 is 0 Å². The number of fused-ring (bicyclic) bond motifs is 8. The minimum atomic E-state index is -0.490. The highest BCUT2D eigenvalue weighted by Crippen LogP contribution is 2.77. The van der Waals surface area contributed by atoms with E-state index in [0.29, 0.717) is 0 Å². The monoisotopic (exact) mass is 1850 g/mol. The van der Waals surface area contributed by atoms with Crippen molar-refractivity contribution in [2.75, 3.05) is 0 Å². The molecule has 0 fully saturated rings. The summed E-state index contributed by atoms with van der Waals surface area (Å²) in [7, 11) is 0. The maximum Gasteiger partial charge on any atom is 0.119 e. The van der Waals surface area contributed by atoms with Gasteiger partial charge in [0.15, 0.2) is 0 Å². The number of halogens is 2. The first-order valence-electron chi connectivity index (χ1n) is 52.5. The summed E-state index contributed by atoms with van der Waals surface area (Å²) in [6, 6.07) is 45.9. The van der Waals surface area contributed by atoms with Crippen LogP contribution in [-0.4, -0.2) is 7.31 Å². The molecule has 0 spiro atoms. The van der Waals surface area contributed by atoms with Crippen LogP contribution in [0, 0.1) is 0 Å². The highest BCUT2D eigenvalue weighted by molar-refractivity contribution is 9.12. The molecule has 11 rings (SSSR count). The smallest absolute Gasteiger partial charge is 0.119 e. The summed E-state index contributed by atoms with van der Waals surface area (Å²) in [5, 5.41) is 4.82. The van der Waals surface area contributed by atoms with E-state index in [9.17, 15) is 0 Å². The van der Waals surface area contributed by atoms with Crippen molar-refractivity contribution >= 4 is 87.9 Å². The number of unbranched alkanes of at least 4 members (excludes halogenated alkanes) is 60. The highest BCUT2D eigenvalue weighted by Gasteiger charge is 2.64. The van der Waals surface area contributed by atoms with Crippen molar-refractivity contribution < 1.29 is 0 Å². The molecule has 672 valence electrons. The Labute approximate surface area is 783 Å². The minimum absolute atomic E-state index is 0.487. The predicted molar refractivity (Wildman–Crippen MR) is 556 cm³/mol. The number of thioether (sulfide) groups is 2. The van der Waals surface area contributed by atoms with Gasteiger partial charge in [0, 0.05) is 19.6 Å². The van der Waals surface area contributed by atoms with Gasteiger partial charge in [0.1, 0.15) is 7.31 Å². The van der Waals surface area contributed by atoms with E-state index >= 15 is 0 Å². The lowest BCUT2D eigenvalue weighted by atomic mass is 9.63. The highest BCUT2D eigenvalue weighted by atomic mass is 79.9. The van der Waals surface area contributed by atoms with E-state index in [1.807, 2.05) is 22.7 Å². The Morgan fingerprint density at radius 1 is 0.213 bits per heavy atom. The fourth-order valence-electron chi connectivity index (χ4n) is 21.6. The van der Waals surface area contributed by atoms with E-state index in [-0.39, 0.29) is 0 Å². The average Bonchev–Trinajstić information content (AvgIpc) is 1.49. The molecule has 0 amide bonds. The second-order valence-corrected chi connectivity index (χ2v) is 46.7. The van der Waals surface area contributed by atoms with Gasteiger partial charge in [-0.3, -0.25) is 0 Å². The Kier molecular flexibility index (Phi) is 46.0. The number of rotatable bonds is 72. The number of allylic oxidation sites excluding steroid dienone is 2. The van der Waals surface area contributed by atoms with Crippen molar-refractivity contribution in [1.82, 2.24) is 0 Å². The Hall–Kier alpha value is -3.10. The molecule has 3 aliphatic carbocycles. The second-order valence-electron chi connectivity index (χ2n) is 38.8. The standard InChI is InChI=1S/C116H170Br2S4/c1-5-9-13-17-21-25-29-33-37-41-45-49-53-57-61-65-69-95-73-81-99(82-74-95)115(100-83-75-96(76-84-100)70-66-62-58-54-50-46-42-38-34-30-26-22-18-14-10-6-2)103-89-91-119-109(103)111-107(115)105-93-114(118)106(94-113(105,117)121-111)108-112(122-114)110-104(90-92-120-110)116(108,101-85-77-97(78-86-101)71-67-63-59-55-51-47-43-39-35-31-27-23-19-15-11-7-3)102-87-79-98(80-88-102)72-68-64-60-56-52-48-44-40-36-32-28-24-20-16-12-8-4/h73-94H,5-72H2,1-4H3. The van der Waals surface area contributed by atoms with Crippen LogP contribution in [0.25, 0.3) is 9.81 Å². The number of hydrogen-bond acceptors (Lipinski definition) is 4. The molecule has 4 heterocycles. The summed E-state index contributed by atoms with van der Waals surface area (Å²) in [5.74, 6) is 0. The zero-order chi connectivity index (χ0) is 84.9. The van der Waals surface area contributed by atoms with Crippen molar-refractivity contribution in [1.29, 1.82) is 0 Å². The Balaban J connectivity index is 0.794. The number of benzene rings is 4. The summed E-state index contributed by atoms with van der Waals surface area (Å²) in [5.41, 5.74) is 19.3. The quantitative estimate of drug-likeness (QED) is 0.0276.